The van der Waals surface area contributed by atoms with Crippen molar-refractivity contribution in [3.63, 3.8) is 0 Å². The lowest BCUT2D eigenvalue weighted by molar-refractivity contribution is 0.0719. The normalized spacial score (nSPS) is 10.8. The minimum absolute atomic E-state index is 0.229. The highest BCUT2D eigenvalue weighted by atomic mass is 79.9. The fourth-order valence-electron chi connectivity index (χ4n) is 1.33. The van der Waals surface area contributed by atoms with E-state index >= 15 is 0 Å². The van der Waals surface area contributed by atoms with Gasteiger partial charge in [0, 0.05) is 24.7 Å². The molecule has 96 valence electrons. The van der Waals surface area contributed by atoms with Crippen LogP contribution in [0.1, 0.15) is 5.56 Å². The van der Waals surface area contributed by atoms with E-state index in [4.69, 9.17) is 9.47 Å². The predicted octanol–water partition coefficient (Wildman–Crippen LogP) is 2.34. The summed E-state index contributed by atoms with van der Waals surface area (Å²) in [5.41, 5.74) is 0.911. The molecule has 0 spiro atoms. The topological polar surface area (TPSA) is 30.5 Å². The maximum atomic E-state index is 13.0. The molecule has 0 aromatic heterocycles. The average molecular weight is 306 g/mol. The molecule has 3 nitrogen and oxygen atoms in total. The van der Waals surface area contributed by atoms with Gasteiger partial charge in [0.2, 0.25) is 0 Å². The molecular formula is C12H17BrFNO2. The molecule has 0 bridgehead atoms. The van der Waals surface area contributed by atoms with Crippen molar-refractivity contribution in [3.8, 4) is 0 Å². The predicted molar refractivity (Wildman–Crippen MR) is 68.5 cm³/mol. The summed E-state index contributed by atoms with van der Waals surface area (Å²) in [5, 5.41) is 3.18. The summed E-state index contributed by atoms with van der Waals surface area (Å²) < 4.78 is 23.9. The van der Waals surface area contributed by atoms with Crippen molar-refractivity contribution in [2.24, 2.45) is 0 Å². The first-order chi connectivity index (χ1) is 8.22. The largest absolute Gasteiger partial charge is 0.382 e. The van der Waals surface area contributed by atoms with Crippen LogP contribution in [0.4, 0.5) is 4.39 Å². The number of rotatable bonds is 8. The van der Waals surface area contributed by atoms with Gasteiger partial charge in [0.1, 0.15) is 5.82 Å². The second-order valence-electron chi connectivity index (χ2n) is 3.56. The molecule has 0 unspecified atom stereocenters. The maximum Gasteiger partial charge on any atom is 0.124 e. The van der Waals surface area contributed by atoms with Crippen LogP contribution in [0.3, 0.4) is 0 Å². The van der Waals surface area contributed by atoms with Gasteiger partial charge >= 0.3 is 0 Å². The van der Waals surface area contributed by atoms with Crippen LogP contribution in [0.25, 0.3) is 0 Å². The molecule has 1 N–H and O–H groups in total. The van der Waals surface area contributed by atoms with Gasteiger partial charge in [-0.15, -0.1) is 0 Å². The molecule has 1 rings (SSSR count). The van der Waals surface area contributed by atoms with E-state index in [0.717, 1.165) is 16.6 Å². The van der Waals surface area contributed by atoms with E-state index < -0.39 is 0 Å². The van der Waals surface area contributed by atoms with Crippen LogP contribution in [0, 0.1) is 5.82 Å². The fourth-order valence-corrected chi connectivity index (χ4v) is 1.85. The van der Waals surface area contributed by atoms with E-state index in [-0.39, 0.29) is 5.82 Å². The molecule has 1 aromatic carbocycles. The quantitative estimate of drug-likeness (QED) is 0.748. The standard InChI is InChI=1S/C12H17BrFNO2/c1-16-4-5-17-3-2-15-9-10-6-11(13)8-12(14)7-10/h6-8,15H,2-5,9H2,1H3. The van der Waals surface area contributed by atoms with E-state index in [1.165, 1.54) is 12.1 Å². The van der Waals surface area contributed by atoms with Crippen LogP contribution < -0.4 is 5.32 Å². The highest BCUT2D eigenvalue weighted by Crippen LogP contribution is 2.14. The van der Waals surface area contributed by atoms with Gasteiger partial charge in [-0.05, 0) is 23.8 Å². The second kappa shape index (κ2) is 8.58. The minimum Gasteiger partial charge on any atom is -0.382 e. The Kier molecular flexibility index (Phi) is 7.35. The first-order valence-electron chi connectivity index (χ1n) is 5.44. The Balaban J connectivity index is 2.13. The monoisotopic (exact) mass is 305 g/mol. The molecule has 0 radical (unpaired) electrons. The first-order valence-corrected chi connectivity index (χ1v) is 6.24. The SMILES string of the molecule is COCCOCCNCc1cc(F)cc(Br)c1. The summed E-state index contributed by atoms with van der Waals surface area (Å²) in [6.45, 7) is 3.20. The van der Waals surface area contributed by atoms with Gasteiger partial charge in [-0.2, -0.15) is 0 Å². The van der Waals surface area contributed by atoms with Crippen LogP contribution in [0.5, 0.6) is 0 Å². The Bertz CT molecular complexity index is 316. The first kappa shape index (κ1) is 14.6. The summed E-state index contributed by atoms with van der Waals surface area (Å²) in [4.78, 5) is 0. The average Bonchev–Trinajstić information content (AvgIpc) is 2.26. The number of halogens is 2. The van der Waals surface area contributed by atoms with Crippen molar-refractivity contribution < 1.29 is 13.9 Å². The third-order valence-corrected chi connectivity index (χ3v) is 2.56. The third-order valence-electron chi connectivity index (χ3n) is 2.11. The molecule has 0 aliphatic carbocycles. The van der Waals surface area contributed by atoms with E-state index in [1.54, 1.807) is 7.11 Å². The maximum absolute atomic E-state index is 13.0. The zero-order valence-electron chi connectivity index (χ0n) is 9.84. The minimum atomic E-state index is -0.229. The summed E-state index contributed by atoms with van der Waals surface area (Å²) in [5.74, 6) is -0.229. The van der Waals surface area contributed by atoms with Crippen molar-refractivity contribution in [1.29, 1.82) is 0 Å². The zero-order chi connectivity index (χ0) is 12.5. The Hall–Kier alpha value is -0.490. The zero-order valence-corrected chi connectivity index (χ0v) is 11.4. The lowest BCUT2D eigenvalue weighted by Gasteiger charge is -2.06. The number of nitrogens with one attached hydrogen (secondary N) is 1. The van der Waals surface area contributed by atoms with Crippen LogP contribution in [-0.2, 0) is 16.0 Å². The van der Waals surface area contributed by atoms with Crippen molar-refractivity contribution in [3.05, 3.63) is 34.1 Å². The Labute approximate surface area is 109 Å². The van der Waals surface area contributed by atoms with Gasteiger partial charge in [-0.3, -0.25) is 0 Å². The number of hydrogen-bond donors (Lipinski definition) is 1. The molecule has 0 heterocycles. The van der Waals surface area contributed by atoms with E-state index in [0.29, 0.717) is 26.4 Å². The van der Waals surface area contributed by atoms with E-state index in [2.05, 4.69) is 21.2 Å². The molecule has 0 amide bonds. The van der Waals surface area contributed by atoms with Crippen molar-refractivity contribution in [2.75, 3.05) is 33.5 Å². The van der Waals surface area contributed by atoms with Crippen LogP contribution in [0.15, 0.2) is 22.7 Å². The third kappa shape index (κ3) is 6.73. The Morgan fingerprint density at radius 2 is 2.06 bits per heavy atom. The van der Waals surface area contributed by atoms with E-state index in [9.17, 15) is 4.39 Å². The van der Waals surface area contributed by atoms with E-state index in [1.807, 2.05) is 6.07 Å². The van der Waals surface area contributed by atoms with Crippen LogP contribution in [0.2, 0.25) is 0 Å². The molecule has 0 aliphatic rings. The fraction of sp³-hybridized carbons (Fsp3) is 0.500. The van der Waals surface area contributed by atoms with Gasteiger partial charge in [-0.25, -0.2) is 4.39 Å². The van der Waals surface area contributed by atoms with Crippen molar-refractivity contribution in [2.45, 2.75) is 6.54 Å². The van der Waals surface area contributed by atoms with Gasteiger partial charge in [-0.1, -0.05) is 15.9 Å². The molecule has 1 aromatic rings. The number of hydrogen-bond acceptors (Lipinski definition) is 3. The second-order valence-corrected chi connectivity index (χ2v) is 4.48. The van der Waals surface area contributed by atoms with Crippen molar-refractivity contribution in [1.82, 2.24) is 5.32 Å². The smallest absolute Gasteiger partial charge is 0.124 e. The van der Waals surface area contributed by atoms with Gasteiger partial charge in [0.05, 0.1) is 19.8 Å². The van der Waals surface area contributed by atoms with Crippen molar-refractivity contribution >= 4 is 15.9 Å². The molecule has 0 fully saturated rings. The van der Waals surface area contributed by atoms with Gasteiger partial charge in [0.25, 0.3) is 0 Å². The number of ether oxygens (including phenoxy) is 2. The lowest BCUT2D eigenvalue weighted by atomic mass is 10.2. The Morgan fingerprint density at radius 1 is 1.24 bits per heavy atom. The summed E-state index contributed by atoms with van der Waals surface area (Å²) in [7, 11) is 1.64. The molecule has 5 heteroatoms. The highest BCUT2D eigenvalue weighted by molar-refractivity contribution is 9.10. The van der Waals surface area contributed by atoms with Gasteiger partial charge < -0.3 is 14.8 Å². The van der Waals surface area contributed by atoms with Crippen LogP contribution >= 0.6 is 15.9 Å². The summed E-state index contributed by atoms with van der Waals surface area (Å²) in [6.07, 6.45) is 0. The molecular weight excluding hydrogens is 289 g/mol. The Morgan fingerprint density at radius 3 is 2.76 bits per heavy atom. The van der Waals surface area contributed by atoms with Gasteiger partial charge in [0.15, 0.2) is 0 Å². The molecule has 0 saturated carbocycles. The molecule has 0 saturated heterocycles. The lowest BCUT2D eigenvalue weighted by Crippen LogP contribution is -2.20. The molecule has 17 heavy (non-hydrogen) atoms. The number of benzene rings is 1. The molecule has 0 aliphatic heterocycles. The van der Waals surface area contributed by atoms with Crippen LogP contribution in [-0.4, -0.2) is 33.5 Å². The molecule has 0 atom stereocenters. The summed E-state index contributed by atoms with van der Waals surface area (Å²) in [6, 6.07) is 4.85. The highest BCUT2D eigenvalue weighted by Gasteiger charge is 1.98. The summed E-state index contributed by atoms with van der Waals surface area (Å²) >= 11 is 3.26. The number of methoxy groups -OCH3 is 1.